The molecule has 2 rings (SSSR count). The fraction of sp³-hybridized carbons (Fsp3) is 0.571. The number of hydrogen-bond acceptors (Lipinski definition) is 3. The molecule has 0 amide bonds. The standard InChI is InChI=1S/C21H33N3O/c1-6-10-13-23(7-2)15-19-16(5)22-20-12-11-17(24(8-3)9-4)14-18(20)21(19)25/h11-12,14H,6-10,13,15H2,1-5H3,(H,22,25). The highest BCUT2D eigenvalue weighted by Crippen LogP contribution is 2.20. The molecule has 0 saturated carbocycles. The number of aromatic nitrogens is 1. The van der Waals surface area contributed by atoms with Crippen molar-refractivity contribution in [2.75, 3.05) is 31.1 Å². The summed E-state index contributed by atoms with van der Waals surface area (Å²) in [6.45, 7) is 15.3. The van der Waals surface area contributed by atoms with Crippen LogP contribution >= 0.6 is 0 Å². The number of aryl methyl sites for hydroxylation is 1. The van der Waals surface area contributed by atoms with Crippen LogP contribution in [0, 0.1) is 6.92 Å². The van der Waals surface area contributed by atoms with E-state index in [1.807, 2.05) is 19.1 Å². The molecule has 0 aliphatic heterocycles. The van der Waals surface area contributed by atoms with Crippen LogP contribution in [0.4, 0.5) is 5.69 Å². The van der Waals surface area contributed by atoms with Gasteiger partial charge in [0, 0.05) is 47.5 Å². The first-order chi connectivity index (χ1) is 12.0. The maximum Gasteiger partial charge on any atom is 0.194 e. The highest BCUT2D eigenvalue weighted by molar-refractivity contribution is 5.83. The lowest BCUT2D eigenvalue weighted by Gasteiger charge is -2.23. The minimum absolute atomic E-state index is 0.176. The van der Waals surface area contributed by atoms with E-state index < -0.39 is 0 Å². The van der Waals surface area contributed by atoms with Gasteiger partial charge in [-0.1, -0.05) is 20.3 Å². The van der Waals surface area contributed by atoms with E-state index in [9.17, 15) is 4.79 Å². The Labute approximate surface area is 151 Å². The predicted octanol–water partition coefficient (Wildman–Crippen LogP) is 4.30. The zero-order valence-electron chi connectivity index (χ0n) is 16.5. The van der Waals surface area contributed by atoms with Crippen molar-refractivity contribution in [1.82, 2.24) is 9.88 Å². The van der Waals surface area contributed by atoms with Crippen LogP contribution in [0.2, 0.25) is 0 Å². The summed E-state index contributed by atoms with van der Waals surface area (Å²) in [6.07, 6.45) is 2.35. The molecule has 0 saturated heterocycles. The summed E-state index contributed by atoms with van der Waals surface area (Å²) in [7, 11) is 0. The van der Waals surface area contributed by atoms with Crippen LogP contribution in [0.25, 0.3) is 10.9 Å². The zero-order valence-corrected chi connectivity index (χ0v) is 16.5. The molecule has 1 N–H and O–H groups in total. The summed E-state index contributed by atoms with van der Waals surface area (Å²) in [5, 5.41) is 0.802. The Kier molecular flexibility index (Phi) is 7.06. The van der Waals surface area contributed by atoms with Crippen molar-refractivity contribution in [3.63, 3.8) is 0 Å². The number of benzene rings is 1. The Morgan fingerprint density at radius 1 is 1.04 bits per heavy atom. The second kappa shape index (κ2) is 9.04. The van der Waals surface area contributed by atoms with Crippen LogP contribution < -0.4 is 10.3 Å². The third-order valence-corrected chi connectivity index (χ3v) is 5.08. The molecule has 1 heterocycles. The van der Waals surface area contributed by atoms with E-state index in [1.165, 1.54) is 12.8 Å². The number of nitrogens with one attached hydrogen (secondary N) is 1. The Hall–Kier alpha value is -1.81. The molecule has 1 aromatic carbocycles. The number of rotatable bonds is 9. The third-order valence-electron chi connectivity index (χ3n) is 5.08. The van der Waals surface area contributed by atoms with Gasteiger partial charge in [0.2, 0.25) is 0 Å². The fourth-order valence-electron chi connectivity index (χ4n) is 3.37. The molecule has 0 unspecified atom stereocenters. The summed E-state index contributed by atoms with van der Waals surface area (Å²) >= 11 is 0. The van der Waals surface area contributed by atoms with Crippen molar-refractivity contribution in [3.8, 4) is 0 Å². The van der Waals surface area contributed by atoms with Crippen LogP contribution in [0.1, 0.15) is 51.8 Å². The number of anilines is 1. The van der Waals surface area contributed by atoms with E-state index in [-0.39, 0.29) is 5.43 Å². The van der Waals surface area contributed by atoms with Crippen molar-refractivity contribution >= 4 is 16.6 Å². The number of hydrogen-bond donors (Lipinski definition) is 1. The number of fused-ring (bicyclic) bond motifs is 1. The van der Waals surface area contributed by atoms with Gasteiger partial charge in [0.15, 0.2) is 5.43 Å². The molecule has 138 valence electrons. The van der Waals surface area contributed by atoms with Crippen LogP contribution in [0.15, 0.2) is 23.0 Å². The van der Waals surface area contributed by atoms with E-state index in [1.54, 1.807) is 0 Å². The molecule has 4 heteroatoms. The van der Waals surface area contributed by atoms with Gasteiger partial charge in [-0.25, -0.2) is 0 Å². The Morgan fingerprint density at radius 2 is 1.76 bits per heavy atom. The smallest absolute Gasteiger partial charge is 0.194 e. The number of H-pyrrole nitrogens is 1. The number of nitrogens with zero attached hydrogens (tertiary/aromatic N) is 2. The molecule has 0 aliphatic carbocycles. The lowest BCUT2D eigenvalue weighted by Crippen LogP contribution is -2.28. The first kappa shape index (κ1) is 19.5. The molecule has 0 atom stereocenters. The van der Waals surface area contributed by atoms with Gasteiger partial charge in [-0.05, 0) is 58.5 Å². The van der Waals surface area contributed by atoms with Crippen LogP contribution in [0.5, 0.6) is 0 Å². The lowest BCUT2D eigenvalue weighted by atomic mass is 10.1. The van der Waals surface area contributed by atoms with Crippen molar-refractivity contribution < 1.29 is 0 Å². The molecule has 0 aliphatic rings. The molecule has 0 fully saturated rings. The van der Waals surface area contributed by atoms with Crippen molar-refractivity contribution in [1.29, 1.82) is 0 Å². The van der Waals surface area contributed by atoms with E-state index in [0.29, 0.717) is 0 Å². The van der Waals surface area contributed by atoms with Gasteiger partial charge in [0.05, 0.1) is 0 Å². The maximum atomic E-state index is 13.2. The number of aromatic amines is 1. The molecule has 1 aromatic heterocycles. The second-order valence-electron chi connectivity index (χ2n) is 6.68. The topological polar surface area (TPSA) is 39.3 Å². The maximum absolute atomic E-state index is 13.2. The highest BCUT2D eigenvalue weighted by Gasteiger charge is 2.14. The quantitative estimate of drug-likeness (QED) is 0.737. The fourth-order valence-corrected chi connectivity index (χ4v) is 3.37. The SMILES string of the molecule is CCCCN(CC)Cc1c(C)[nH]c2ccc(N(CC)CC)cc2c1=O. The van der Waals surface area contributed by atoms with Crippen molar-refractivity contribution in [2.24, 2.45) is 0 Å². The van der Waals surface area contributed by atoms with Crippen molar-refractivity contribution in [2.45, 2.75) is 54.0 Å². The average Bonchev–Trinajstić information content (AvgIpc) is 2.62. The molecular formula is C21H33N3O. The summed E-state index contributed by atoms with van der Waals surface area (Å²) < 4.78 is 0. The normalized spacial score (nSPS) is 11.4. The average molecular weight is 344 g/mol. The third kappa shape index (κ3) is 4.43. The molecule has 2 aromatic rings. The molecule has 0 spiro atoms. The molecular weight excluding hydrogens is 310 g/mol. The highest BCUT2D eigenvalue weighted by atomic mass is 16.1. The first-order valence-electron chi connectivity index (χ1n) is 9.68. The first-order valence-corrected chi connectivity index (χ1v) is 9.68. The van der Waals surface area contributed by atoms with Gasteiger partial charge < -0.3 is 9.88 Å². The lowest BCUT2D eigenvalue weighted by molar-refractivity contribution is 0.274. The predicted molar refractivity (Wildman–Crippen MR) is 109 cm³/mol. The number of unbranched alkanes of at least 4 members (excludes halogenated alkanes) is 1. The summed E-state index contributed by atoms with van der Waals surface area (Å²) in [5.41, 5.74) is 4.12. The van der Waals surface area contributed by atoms with Crippen LogP contribution in [-0.2, 0) is 6.54 Å². The van der Waals surface area contributed by atoms with Gasteiger partial charge in [-0.15, -0.1) is 0 Å². The van der Waals surface area contributed by atoms with Crippen LogP contribution in [0.3, 0.4) is 0 Å². The van der Waals surface area contributed by atoms with Gasteiger partial charge in [0.1, 0.15) is 0 Å². The van der Waals surface area contributed by atoms with Gasteiger partial charge in [0.25, 0.3) is 0 Å². The number of pyridine rings is 1. The Morgan fingerprint density at radius 3 is 2.36 bits per heavy atom. The largest absolute Gasteiger partial charge is 0.372 e. The zero-order chi connectivity index (χ0) is 18.4. The molecule has 4 nitrogen and oxygen atoms in total. The van der Waals surface area contributed by atoms with Crippen molar-refractivity contribution in [3.05, 3.63) is 39.7 Å². The van der Waals surface area contributed by atoms with E-state index in [0.717, 1.165) is 60.6 Å². The minimum Gasteiger partial charge on any atom is -0.372 e. The van der Waals surface area contributed by atoms with Gasteiger partial charge >= 0.3 is 0 Å². The van der Waals surface area contributed by atoms with Gasteiger partial charge in [-0.2, -0.15) is 0 Å². The van der Waals surface area contributed by atoms with Crippen LogP contribution in [-0.4, -0.2) is 36.1 Å². The molecule has 0 radical (unpaired) electrons. The Bertz CT molecular complexity index is 747. The summed E-state index contributed by atoms with van der Waals surface area (Å²) in [6, 6.07) is 6.19. The van der Waals surface area contributed by atoms with E-state index in [4.69, 9.17) is 0 Å². The second-order valence-corrected chi connectivity index (χ2v) is 6.68. The minimum atomic E-state index is 0.176. The van der Waals surface area contributed by atoms with Gasteiger partial charge in [-0.3, -0.25) is 9.69 Å². The molecule has 0 bridgehead atoms. The molecule has 25 heavy (non-hydrogen) atoms. The summed E-state index contributed by atoms with van der Waals surface area (Å²) in [4.78, 5) is 21.2. The van der Waals surface area contributed by atoms with E-state index >= 15 is 0 Å². The Balaban J connectivity index is 2.45. The monoisotopic (exact) mass is 343 g/mol. The summed E-state index contributed by atoms with van der Waals surface area (Å²) in [5.74, 6) is 0. The van der Waals surface area contributed by atoms with E-state index in [2.05, 4.69) is 48.5 Å².